The van der Waals surface area contributed by atoms with Crippen LogP contribution in [-0.4, -0.2) is 15.0 Å². The minimum Gasteiger partial charge on any atom is -0.265 e. The van der Waals surface area contributed by atoms with Crippen LogP contribution in [0.5, 0.6) is 0 Å². The second-order valence-corrected chi connectivity index (χ2v) is 5.17. The second-order valence-electron chi connectivity index (χ2n) is 5.17. The van der Waals surface area contributed by atoms with Crippen molar-refractivity contribution in [3.8, 4) is 0 Å². The number of hydrogen-bond donors (Lipinski definition) is 0. The fourth-order valence-corrected chi connectivity index (χ4v) is 1.52. The van der Waals surface area contributed by atoms with Gasteiger partial charge in [0.25, 0.3) is 0 Å². The van der Waals surface area contributed by atoms with E-state index in [2.05, 4.69) is 35.7 Å². The lowest BCUT2D eigenvalue weighted by Gasteiger charge is -2.17. The first-order valence-corrected chi connectivity index (χ1v) is 5.76. The van der Waals surface area contributed by atoms with Gasteiger partial charge in [-0.15, -0.1) is 0 Å². The molecule has 0 aliphatic carbocycles. The van der Waals surface area contributed by atoms with Gasteiger partial charge in [0.15, 0.2) is 0 Å². The average Bonchev–Trinajstić information content (AvgIpc) is 2.30. The Morgan fingerprint density at radius 2 is 1.59 bits per heavy atom. The average molecular weight is 227 g/mol. The first kappa shape index (κ1) is 11.7. The van der Waals surface area contributed by atoms with Crippen LogP contribution in [0.1, 0.15) is 37.7 Å². The third-order valence-electron chi connectivity index (χ3n) is 2.68. The molecule has 0 unspecified atom stereocenters. The minimum atomic E-state index is 0.106. The van der Waals surface area contributed by atoms with Crippen LogP contribution in [-0.2, 0) is 11.8 Å². The van der Waals surface area contributed by atoms with Crippen molar-refractivity contribution in [2.75, 3.05) is 0 Å². The van der Waals surface area contributed by atoms with E-state index in [9.17, 15) is 0 Å². The van der Waals surface area contributed by atoms with Gasteiger partial charge in [-0.2, -0.15) is 0 Å². The largest absolute Gasteiger partial charge is 0.265 e. The van der Waals surface area contributed by atoms with Crippen LogP contribution >= 0.6 is 0 Å². The number of rotatable bonds is 2. The topological polar surface area (TPSA) is 38.7 Å². The standard InChI is InChI=1S/C14H17N3/c1-14(2,3)12-9-16-13(17-10-12)8-11-4-6-15-7-5-11/h4-7,9-10H,8H2,1-3H3. The Morgan fingerprint density at radius 3 is 2.12 bits per heavy atom. The number of hydrogen-bond acceptors (Lipinski definition) is 3. The van der Waals surface area contributed by atoms with E-state index in [-0.39, 0.29) is 5.41 Å². The third-order valence-corrected chi connectivity index (χ3v) is 2.68. The minimum absolute atomic E-state index is 0.106. The highest BCUT2D eigenvalue weighted by Gasteiger charge is 2.14. The van der Waals surface area contributed by atoms with Gasteiger partial charge < -0.3 is 0 Å². The maximum absolute atomic E-state index is 4.41. The lowest BCUT2D eigenvalue weighted by atomic mass is 9.89. The van der Waals surface area contributed by atoms with Crippen molar-refractivity contribution in [3.05, 3.63) is 53.9 Å². The molecule has 0 N–H and O–H groups in total. The molecule has 0 fully saturated rings. The van der Waals surface area contributed by atoms with Crippen molar-refractivity contribution >= 4 is 0 Å². The molecule has 0 saturated carbocycles. The molecule has 3 nitrogen and oxygen atoms in total. The zero-order chi connectivity index (χ0) is 12.3. The van der Waals surface area contributed by atoms with Gasteiger partial charge in [0, 0.05) is 31.2 Å². The Labute approximate surface area is 102 Å². The predicted molar refractivity (Wildman–Crippen MR) is 67.8 cm³/mol. The zero-order valence-corrected chi connectivity index (χ0v) is 10.5. The fourth-order valence-electron chi connectivity index (χ4n) is 1.52. The summed E-state index contributed by atoms with van der Waals surface area (Å²) in [7, 11) is 0. The molecule has 2 heterocycles. The second kappa shape index (κ2) is 4.62. The van der Waals surface area contributed by atoms with Crippen LogP contribution in [0, 0.1) is 0 Å². The zero-order valence-electron chi connectivity index (χ0n) is 10.5. The first-order valence-electron chi connectivity index (χ1n) is 5.76. The maximum Gasteiger partial charge on any atom is 0.132 e. The molecular weight excluding hydrogens is 210 g/mol. The van der Waals surface area contributed by atoms with E-state index in [1.165, 1.54) is 5.56 Å². The van der Waals surface area contributed by atoms with Crippen LogP contribution in [0.25, 0.3) is 0 Å². The molecule has 0 aliphatic rings. The van der Waals surface area contributed by atoms with Crippen LogP contribution in [0.3, 0.4) is 0 Å². The summed E-state index contributed by atoms with van der Waals surface area (Å²) in [6.07, 6.45) is 8.18. The number of pyridine rings is 1. The summed E-state index contributed by atoms with van der Waals surface area (Å²) < 4.78 is 0. The van der Waals surface area contributed by atoms with Gasteiger partial charge in [0.05, 0.1) is 0 Å². The highest BCUT2D eigenvalue weighted by molar-refractivity contribution is 5.19. The van der Waals surface area contributed by atoms with Crippen molar-refractivity contribution in [1.29, 1.82) is 0 Å². The molecule has 3 heteroatoms. The Morgan fingerprint density at radius 1 is 1.00 bits per heavy atom. The highest BCUT2D eigenvalue weighted by Crippen LogP contribution is 2.20. The van der Waals surface area contributed by atoms with Crippen LogP contribution in [0.2, 0.25) is 0 Å². The summed E-state index contributed by atoms with van der Waals surface area (Å²) in [6.45, 7) is 6.48. The lowest BCUT2D eigenvalue weighted by Crippen LogP contribution is -2.12. The van der Waals surface area contributed by atoms with E-state index in [0.717, 1.165) is 17.8 Å². The lowest BCUT2D eigenvalue weighted by molar-refractivity contribution is 0.582. The van der Waals surface area contributed by atoms with Crippen molar-refractivity contribution in [2.24, 2.45) is 0 Å². The molecule has 0 saturated heterocycles. The van der Waals surface area contributed by atoms with Crippen molar-refractivity contribution in [3.63, 3.8) is 0 Å². The van der Waals surface area contributed by atoms with Crippen molar-refractivity contribution in [1.82, 2.24) is 15.0 Å². The molecule has 88 valence electrons. The number of nitrogens with zero attached hydrogens (tertiary/aromatic N) is 3. The molecule has 2 aromatic rings. The highest BCUT2D eigenvalue weighted by atomic mass is 14.9. The Hall–Kier alpha value is -1.77. The number of aromatic nitrogens is 3. The van der Waals surface area contributed by atoms with E-state index < -0.39 is 0 Å². The summed E-state index contributed by atoms with van der Waals surface area (Å²) in [5.74, 6) is 0.851. The molecule has 0 radical (unpaired) electrons. The van der Waals surface area contributed by atoms with Gasteiger partial charge >= 0.3 is 0 Å². The van der Waals surface area contributed by atoms with E-state index in [0.29, 0.717) is 0 Å². The predicted octanol–water partition coefficient (Wildman–Crippen LogP) is 2.76. The first-order chi connectivity index (χ1) is 8.05. The molecule has 17 heavy (non-hydrogen) atoms. The fraction of sp³-hybridized carbons (Fsp3) is 0.357. The van der Waals surface area contributed by atoms with Gasteiger partial charge in [-0.1, -0.05) is 20.8 Å². The summed E-state index contributed by atoms with van der Waals surface area (Å²) in [4.78, 5) is 12.8. The van der Waals surface area contributed by atoms with E-state index in [1.54, 1.807) is 12.4 Å². The smallest absolute Gasteiger partial charge is 0.132 e. The van der Waals surface area contributed by atoms with E-state index >= 15 is 0 Å². The SMILES string of the molecule is CC(C)(C)c1cnc(Cc2ccncc2)nc1. The molecule has 2 rings (SSSR count). The van der Waals surface area contributed by atoms with Gasteiger partial charge in [0.2, 0.25) is 0 Å². The molecule has 0 atom stereocenters. The van der Waals surface area contributed by atoms with Crippen molar-refractivity contribution in [2.45, 2.75) is 32.6 Å². The molecule has 0 aromatic carbocycles. The molecule has 0 amide bonds. The normalized spacial score (nSPS) is 11.5. The monoisotopic (exact) mass is 227 g/mol. The Balaban J connectivity index is 2.14. The quantitative estimate of drug-likeness (QED) is 0.791. The molecule has 0 bridgehead atoms. The molecule has 0 aliphatic heterocycles. The summed E-state index contributed by atoms with van der Waals surface area (Å²) in [5, 5.41) is 0. The van der Waals surface area contributed by atoms with Gasteiger partial charge in [-0.3, -0.25) is 4.98 Å². The molecule has 2 aromatic heterocycles. The Bertz CT molecular complexity index is 469. The van der Waals surface area contributed by atoms with Gasteiger partial charge in [-0.25, -0.2) is 9.97 Å². The molecule has 0 spiro atoms. The summed E-state index contributed by atoms with van der Waals surface area (Å²) in [5.41, 5.74) is 2.45. The molecular formula is C14H17N3. The van der Waals surface area contributed by atoms with Crippen molar-refractivity contribution < 1.29 is 0 Å². The third kappa shape index (κ3) is 3.09. The van der Waals surface area contributed by atoms with Gasteiger partial charge in [0.1, 0.15) is 5.82 Å². The summed E-state index contributed by atoms with van der Waals surface area (Å²) >= 11 is 0. The van der Waals surface area contributed by atoms with Crippen LogP contribution in [0.4, 0.5) is 0 Å². The van der Waals surface area contributed by atoms with Crippen LogP contribution in [0.15, 0.2) is 36.9 Å². The van der Waals surface area contributed by atoms with Crippen LogP contribution < -0.4 is 0 Å². The van der Waals surface area contributed by atoms with E-state index in [4.69, 9.17) is 0 Å². The van der Waals surface area contributed by atoms with Gasteiger partial charge in [-0.05, 0) is 28.7 Å². The summed E-state index contributed by atoms with van der Waals surface area (Å²) in [6, 6.07) is 3.97. The van der Waals surface area contributed by atoms with E-state index in [1.807, 2.05) is 24.5 Å². The Kier molecular flexibility index (Phi) is 3.18. The maximum atomic E-state index is 4.41.